The highest BCUT2D eigenvalue weighted by molar-refractivity contribution is 7.98. The molecule has 7 heteroatoms. The van der Waals surface area contributed by atoms with Gasteiger partial charge in [0.1, 0.15) is 5.75 Å². The summed E-state index contributed by atoms with van der Waals surface area (Å²) in [6.07, 6.45) is 3.44. The number of carbonyl (C=O) groups excluding carboxylic acids is 1. The Hall–Kier alpha value is -3.19. The Morgan fingerprint density at radius 2 is 1.68 bits per heavy atom. The predicted molar refractivity (Wildman–Crippen MR) is 111 cm³/mol. The molecule has 1 amide bonds. The number of rotatable bonds is 7. The number of aromatic nitrogens is 2. The average Bonchev–Trinajstić information content (AvgIpc) is 2.77. The second-order valence-electron chi connectivity index (χ2n) is 5.88. The van der Waals surface area contributed by atoms with Crippen LogP contribution in [0.2, 0.25) is 0 Å². The number of nitrogens with zero attached hydrogens (tertiary/aromatic N) is 3. The molecule has 0 fully saturated rings. The van der Waals surface area contributed by atoms with Crippen LogP contribution in [0.25, 0.3) is 0 Å². The minimum absolute atomic E-state index is 0.251. The molecule has 1 heterocycles. The first-order valence-electron chi connectivity index (χ1n) is 8.63. The van der Waals surface area contributed by atoms with E-state index in [1.807, 2.05) is 43.3 Å². The molecule has 0 saturated carbocycles. The molecule has 0 unspecified atom stereocenters. The lowest BCUT2D eigenvalue weighted by Crippen LogP contribution is -2.19. The third-order valence-electron chi connectivity index (χ3n) is 3.96. The Bertz CT molecular complexity index is 942. The highest BCUT2D eigenvalue weighted by atomic mass is 32.2. The smallest absolute Gasteiger partial charge is 0.271 e. The Labute approximate surface area is 168 Å². The van der Waals surface area contributed by atoms with E-state index in [-0.39, 0.29) is 5.91 Å². The quantitative estimate of drug-likeness (QED) is 0.285. The van der Waals surface area contributed by atoms with Crippen LogP contribution >= 0.6 is 11.8 Å². The number of methoxy groups -OCH3 is 1. The number of amides is 1. The van der Waals surface area contributed by atoms with E-state index in [0.717, 1.165) is 27.8 Å². The van der Waals surface area contributed by atoms with Crippen LogP contribution in [0.1, 0.15) is 28.4 Å². The largest absolute Gasteiger partial charge is 0.497 e. The molecule has 3 aromatic rings. The number of hydrogen-bond acceptors (Lipinski definition) is 6. The molecule has 0 atom stereocenters. The van der Waals surface area contributed by atoms with Crippen LogP contribution in [0.3, 0.4) is 0 Å². The summed E-state index contributed by atoms with van der Waals surface area (Å²) in [5.74, 6) is 1.26. The van der Waals surface area contributed by atoms with E-state index in [9.17, 15) is 4.79 Å². The standard InChI is InChI=1S/C21H20N4O2S/c1-15(17-8-10-19(27-2)11-9-17)24-25-20(26)18-6-4-16(5-7-18)14-28-21-22-12-3-13-23-21/h3-13H,14H2,1-2H3,(H,25,26). The summed E-state index contributed by atoms with van der Waals surface area (Å²) in [4.78, 5) is 20.7. The van der Waals surface area contributed by atoms with Crippen molar-refractivity contribution in [1.29, 1.82) is 0 Å². The number of hydrazone groups is 1. The first-order valence-corrected chi connectivity index (χ1v) is 9.62. The van der Waals surface area contributed by atoms with Crippen molar-refractivity contribution >= 4 is 23.4 Å². The van der Waals surface area contributed by atoms with E-state index in [1.165, 1.54) is 0 Å². The van der Waals surface area contributed by atoms with Gasteiger partial charge in [0.25, 0.3) is 5.91 Å². The number of ether oxygens (including phenoxy) is 1. The van der Waals surface area contributed by atoms with Crippen LogP contribution in [-0.4, -0.2) is 28.7 Å². The van der Waals surface area contributed by atoms with Gasteiger partial charge in [0, 0.05) is 23.7 Å². The minimum atomic E-state index is -0.251. The molecule has 142 valence electrons. The number of benzene rings is 2. The van der Waals surface area contributed by atoms with Gasteiger partial charge in [-0.05, 0) is 60.5 Å². The third-order valence-corrected chi connectivity index (χ3v) is 4.91. The van der Waals surface area contributed by atoms with Crippen LogP contribution in [0.4, 0.5) is 0 Å². The molecule has 1 aromatic heterocycles. The third kappa shape index (κ3) is 5.40. The Morgan fingerprint density at radius 3 is 2.32 bits per heavy atom. The van der Waals surface area contributed by atoms with Crippen LogP contribution < -0.4 is 10.2 Å². The highest BCUT2D eigenvalue weighted by Gasteiger charge is 2.06. The molecule has 0 aliphatic heterocycles. The summed E-state index contributed by atoms with van der Waals surface area (Å²) >= 11 is 1.55. The Balaban J connectivity index is 1.56. The lowest BCUT2D eigenvalue weighted by Gasteiger charge is -2.05. The lowest BCUT2D eigenvalue weighted by molar-refractivity contribution is 0.0955. The van der Waals surface area contributed by atoms with E-state index < -0.39 is 0 Å². The molecule has 0 spiro atoms. The SMILES string of the molecule is COc1ccc(C(C)=NNC(=O)c2ccc(CSc3ncccn3)cc2)cc1. The van der Waals surface area contributed by atoms with Crippen LogP contribution in [0.15, 0.2) is 77.2 Å². The number of thioether (sulfide) groups is 1. The second-order valence-corrected chi connectivity index (χ2v) is 6.83. The van der Waals surface area contributed by atoms with Crippen molar-refractivity contribution in [3.8, 4) is 5.75 Å². The maximum atomic E-state index is 12.3. The Morgan fingerprint density at radius 1 is 1.04 bits per heavy atom. The summed E-state index contributed by atoms with van der Waals surface area (Å²) in [6, 6.07) is 16.7. The van der Waals surface area contributed by atoms with Crippen molar-refractivity contribution in [2.45, 2.75) is 17.8 Å². The topological polar surface area (TPSA) is 76.5 Å². The van der Waals surface area contributed by atoms with Crippen molar-refractivity contribution in [3.05, 3.63) is 83.7 Å². The molecule has 1 N–H and O–H groups in total. The molecule has 2 aromatic carbocycles. The van der Waals surface area contributed by atoms with Crippen LogP contribution in [0.5, 0.6) is 5.75 Å². The summed E-state index contributed by atoms with van der Waals surface area (Å²) in [5.41, 5.74) is 5.87. The maximum absolute atomic E-state index is 12.3. The van der Waals surface area contributed by atoms with E-state index in [0.29, 0.717) is 11.3 Å². The molecule has 28 heavy (non-hydrogen) atoms. The average molecular weight is 392 g/mol. The van der Waals surface area contributed by atoms with Crippen molar-refractivity contribution in [1.82, 2.24) is 15.4 Å². The maximum Gasteiger partial charge on any atom is 0.271 e. The van der Waals surface area contributed by atoms with E-state index in [2.05, 4.69) is 20.5 Å². The van der Waals surface area contributed by atoms with Gasteiger partial charge < -0.3 is 4.74 Å². The highest BCUT2D eigenvalue weighted by Crippen LogP contribution is 2.18. The summed E-state index contributed by atoms with van der Waals surface area (Å²) in [5, 5.41) is 4.91. The van der Waals surface area contributed by atoms with Crippen molar-refractivity contribution < 1.29 is 9.53 Å². The molecule has 0 radical (unpaired) electrons. The molecule has 3 rings (SSSR count). The molecular weight excluding hydrogens is 372 g/mol. The predicted octanol–water partition coefficient (Wildman–Crippen LogP) is 3.93. The lowest BCUT2D eigenvalue weighted by atomic mass is 10.1. The molecule has 6 nitrogen and oxygen atoms in total. The van der Waals surface area contributed by atoms with Gasteiger partial charge in [-0.3, -0.25) is 4.79 Å². The monoisotopic (exact) mass is 392 g/mol. The van der Waals surface area contributed by atoms with Gasteiger partial charge >= 0.3 is 0 Å². The van der Waals surface area contributed by atoms with E-state index >= 15 is 0 Å². The summed E-state index contributed by atoms with van der Waals surface area (Å²) in [7, 11) is 1.62. The van der Waals surface area contributed by atoms with Crippen LogP contribution in [0, 0.1) is 0 Å². The first kappa shape index (κ1) is 19.6. The molecule has 0 aliphatic carbocycles. The minimum Gasteiger partial charge on any atom is -0.497 e. The van der Waals surface area contributed by atoms with Crippen molar-refractivity contribution in [2.24, 2.45) is 5.10 Å². The van der Waals surface area contributed by atoms with Crippen molar-refractivity contribution in [3.63, 3.8) is 0 Å². The van der Waals surface area contributed by atoms with E-state index in [4.69, 9.17) is 4.74 Å². The fourth-order valence-electron chi connectivity index (χ4n) is 2.36. The molecule has 0 saturated heterocycles. The van der Waals surface area contributed by atoms with E-state index in [1.54, 1.807) is 49.5 Å². The second kappa shape index (κ2) is 9.66. The number of nitrogens with one attached hydrogen (secondary N) is 1. The number of carbonyl (C=O) groups is 1. The normalized spacial score (nSPS) is 11.1. The number of hydrogen-bond donors (Lipinski definition) is 1. The fourth-order valence-corrected chi connectivity index (χ4v) is 3.12. The zero-order valence-electron chi connectivity index (χ0n) is 15.6. The molecule has 0 bridgehead atoms. The zero-order valence-corrected chi connectivity index (χ0v) is 16.4. The van der Waals surface area contributed by atoms with Gasteiger partial charge in [-0.15, -0.1) is 0 Å². The molecule has 0 aliphatic rings. The van der Waals surface area contributed by atoms with Gasteiger partial charge in [-0.25, -0.2) is 15.4 Å². The van der Waals surface area contributed by atoms with Gasteiger partial charge in [0.2, 0.25) is 0 Å². The Kier molecular flexibility index (Phi) is 6.75. The van der Waals surface area contributed by atoms with Gasteiger partial charge in [0.15, 0.2) is 5.16 Å². The fraction of sp³-hybridized carbons (Fsp3) is 0.143. The zero-order chi connectivity index (χ0) is 19.8. The van der Waals surface area contributed by atoms with Gasteiger partial charge in [-0.2, -0.15) is 5.10 Å². The summed E-state index contributed by atoms with van der Waals surface area (Å²) in [6.45, 7) is 1.84. The van der Waals surface area contributed by atoms with Crippen LogP contribution in [-0.2, 0) is 5.75 Å². The first-order chi connectivity index (χ1) is 13.7. The molecular formula is C21H20N4O2S. The van der Waals surface area contributed by atoms with Gasteiger partial charge in [-0.1, -0.05) is 23.9 Å². The van der Waals surface area contributed by atoms with Gasteiger partial charge in [0.05, 0.1) is 12.8 Å². The summed E-state index contributed by atoms with van der Waals surface area (Å²) < 4.78 is 5.14. The van der Waals surface area contributed by atoms with Crippen molar-refractivity contribution in [2.75, 3.05) is 7.11 Å².